The quantitative estimate of drug-likeness (QED) is 0.629. The van der Waals surface area contributed by atoms with Crippen LogP contribution in [-0.4, -0.2) is 4.92 Å². The molecule has 0 aliphatic carbocycles. The van der Waals surface area contributed by atoms with Crippen molar-refractivity contribution in [3.05, 3.63) is 69.0 Å². The van der Waals surface area contributed by atoms with E-state index in [4.69, 9.17) is 16.3 Å². The van der Waals surface area contributed by atoms with Crippen molar-refractivity contribution in [3.8, 4) is 5.75 Å². The van der Waals surface area contributed by atoms with Gasteiger partial charge in [0.05, 0.1) is 16.0 Å². The molecule has 0 N–H and O–H groups in total. The van der Waals surface area contributed by atoms with Crippen molar-refractivity contribution in [2.24, 2.45) is 0 Å². The van der Waals surface area contributed by atoms with Gasteiger partial charge in [0.2, 0.25) is 0 Å². The molecule has 6 heteroatoms. The summed E-state index contributed by atoms with van der Waals surface area (Å²) in [7, 11) is 0. The molecule has 0 spiro atoms. The predicted octanol–water partition coefficient (Wildman–Crippen LogP) is 3.97. The van der Waals surface area contributed by atoms with E-state index in [-0.39, 0.29) is 23.1 Å². The molecular weight excluding hydrogens is 273 g/mol. The average molecular weight is 282 g/mol. The predicted molar refractivity (Wildman–Crippen MR) is 68.8 cm³/mol. The lowest BCUT2D eigenvalue weighted by Crippen LogP contribution is -1.99. The number of nitro benzene ring substituents is 1. The van der Waals surface area contributed by atoms with Gasteiger partial charge in [0, 0.05) is 6.07 Å². The normalized spacial score (nSPS) is 10.2. The van der Waals surface area contributed by atoms with Gasteiger partial charge in [-0.25, -0.2) is 4.39 Å². The smallest absolute Gasteiger partial charge is 0.274 e. The van der Waals surface area contributed by atoms with Crippen LogP contribution in [0.15, 0.2) is 42.5 Å². The monoisotopic (exact) mass is 281 g/mol. The van der Waals surface area contributed by atoms with Gasteiger partial charge >= 0.3 is 0 Å². The summed E-state index contributed by atoms with van der Waals surface area (Å²) in [5.74, 6) is -1.04. The summed E-state index contributed by atoms with van der Waals surface area (Å²) in [6.45, 7) is 0.106. The summed E-state index contributed by atoms with van der Waals surface area (Å²) in [5.41, 5.74) is 0.513. The number of hydrogen-bond acceptors (Lipinski definition) is 3. The van der Waals surface area contributed by atoms with Gasteiger partial charge in [0.1, 0.15) is 6.61 Å². The number of nitro groups is 1. The zero-order chi connectivity index (χ0) is 13.8. The summed E-state index contributed by atoms with van der Waals surface area (Å²) in [5, 5.41) is 10.3. The average Bonchev–Trinajstić information content (AvgIpc) is 2.41. The number of rotatable bonds is 4. The van der Waals surface area contributed by atoms with E-state index in [2.05, 4.69) is 0 Å². The lowest BCUT2D eigenvalue weighted by atomic mass is 10.2. The molecule has 0 saturated carbocycles. The Morgan fingerprint density at radius 2 is 1.95 bits per heavy atom. The van der Waals surface area contributed by atoms with Crippen molar-refractivity contribution in [1.82, 2.24) is 0 Å². The third-order valence-electron chi connectivity index (χ3n) is 2.43. The molecule has 2 aromatic carbocycles. The highest BCUT2D eigenvalue weighted by atomic mass is 35.5. The van der Waals surface area contributed by atoms with Crippen LogP contribution in [0.2, 0.25) is 5.02 Å². The molecule has 0 saturated heterocycles. The molecular formula is C13H9ClFNO3. The van der Waals surface area contributed by atoms with Gasteiger partial charge in [-0.1, -0.05) is 41.9 Å². The van der Waals surface area contributed by atoms with Gasteiger partial charge in [-0.15, -0.1) is 0 Å². The first kappa shape index (κ1) is 13.3. The van der Waals surface area contributed by atoms with Crippen molar-refractivity contribution in [2.45, 2.75) is 6.61 Å². The highest BCUT2D eigenvalue weighted by Crippen LogP contribution is 2.30. The molecule has 0 amide bonds. The largest absolute Gasteiger partial charge is 0.486 e. The van der Waals surface area contributed by atoms with Crippen molar-refractivity contribution in [3.63, 3.8) is 0 Å². The second-order valence-electron chi connectivity index (χ2n) is 3.77. The summed E-state index contributed by atoms with van der Waals surface area (Å²) in [6, 6.07) is 11.0. The van der Waals surface area contributed by atoms with E-state index in [1.807, 2.05) is 18.2 Å². The third kappa shape index (κ3) is 3.20. The molecule has 4 nitrogen and oxygen atoms in total. The van der Waals surface area contributed by atoms with Crippen LogP contribution in [0.25, 0.3) is 0 Å². The third-order valence-corrected chi connectivity index (χ3v) is 2.70. The fourth-order valence-electron chi connectivity index (χ4n) is 1.50. The molecule has 0 bridgehead atoms. The summed E-state index contributed by atoms with van der Waals surface area (Å²) >= 11 is 5.59. The molecule has 0 aliphatic rings. The second-order valence-corrected chi connectivity index (χ2v) is 4.18. The number of ether oxygens (including phenoxy) is 1. The first-order chi connectivity index (χ1) is 9.08. The van der Waals surface area contributed by atoms with E-state index >= 15 is 0 Å². The maximum Gasteiger partial charge on any atom is 0.274 e. The Morgan fingerprint density at radius 3 is 2.58 bits per heavy atom. The molecule has 0 aliphatic heterocycles. The highest BCUT2D eigenvalue weighted by Gasteiger charge is 2.16. The highest BCUT2D eigenvalue weighted by molar-refractivity contribution is 6.31. The fraction of sp³-hybridized carbons (Fsp3) is 0.0769. The first-order valence-electron chi connectivity index (χ1n) is 5.38. The van der Waals surface area contributed by atoms with E-state index in [0.717, 1.165) is 17.7 Å². The SMILES string of the molecule is O=[N+]([O-])c1cc(Cl)c(F)c(OCc2ccccc2)c1. The topological polar surface area (TPSA) is 52.4 Å². The maximum absolute atomic E-state index is 13.7. The molecule has 0 radical (unpaired) electrons. The van der Waals surface area contributed by atoms with Gasteiger partial charge in [-0.05, 0) is 5.56 Å². The molecule has 0 fully saturated rings. The Hall–Kier alpha value is -2.14. The Morgan fingerprint density at radius 1 is 1.26 bits per heavy atom. The van der Waals surface area contributed by atoms with Crippen LogP contribution in [-0.2, 0) is 6.61 Å². The molecule has 19 heavy (non-hydrogen) atoms. The van der Waals surface area contributed by atoms with E-state index in [1.54, 1.807) is 12.1 Å². The van der Waals surface area contributed by atoms with Crippen LogP contribution >= 0.6 is 11.6 Å². The van der Waals surface area contributed by atoms with Gasteiger partial charge < -0.3 is 4.74 Å². The van der Waals surface area contributed by atoms with Crippen molar-refractivity contribution < 1.29 is 14.1 Å². The number of halogens is 2. The van der Waals surface area contributed by atoms with Crippen molar-refractivity contribution in [2.75, 3.05) is 0 Å². The van der Waals surface area contributed by atoms with E-state index in [0.29, 0.717) is 0 Å². The minimum Gasteiger partial charge on any atom is -0.486 e. The zero-order valence-corrected chi connectivity index (χ0v) is 10.4. The van der Waals surface area contributed by atoms with E-state index < -0.39 is 10.7 Å². The molecule has 2 rings (SSSR count). The number of nitrogens with zero attached hydrogens (tertiary/aromatic N) is 1. The lowest BCUT2D eigenvalue weighted by Gasteiger charge is -2.08. The molecule has 0 unspecified atom stereocenters. The van der Waals surface area contributed by atoms with E-state index in [9.17, 15) is 14.5 Å². The maximum atomic E-state index is 13.7. The van der Waals surface area contributed by atoms with Crippen LogP contribution in [0.1, 0.15) is 5.56 Å². The number of non-ortho nitro benzene ring substituents is 1. The Balaban J connectivity index is 2.22. The van der Waals surface area contributed by atoms with Crippen LogP contribution < -0.4 is 4.74 Å². The van der Waals surface area contributed by atoms with Gasteiger partial charge in [-0.2, -0.15) is 0 Å². The minimum atomic E-state index is -0.803. The number of hydrogen-bond donors (Lipinski definition) is 0. The molecule has 0 heterocycles. The summed E-state index contributed by atoms with van der Waals surface area (Å²) < 4.78 is 18.9. The molecule has 0 aromatic heterocycles. The standard InChI is InChI=1S/C13H9ClFNO3/c14-11-6-10(16(17)18)7-12(13(11)15)19-8-9-4-2-1-3-5-9/h1-7H,8H2. The van der Waals surface area contributed by atoms with Crippen LogP contribution in [0, 0.1) is 15.9 Å². The van der Waals surface area contributed by atoms with Crippen LogP contribution in [0.4, 0.5) is 10.1 Å². The van der Waals surface area contributed by atoms with Gasteiger partial charge in [-0.3, -0.25) is 10.1 Å². The molecule has 0 atom stereocenters. The van der Waals surface area contributed by atoms with Crippen LogP contribution in [0.3, 0.4) is 0 Å². The summed E-state index contributed by atoms with van der Waals surface area (Å²) in [6.07, 6.45) is 0. The Bertz CT molecular complexity index is 604. The lowest BCUT2D eigenvalue weighted by molar-refractivity contribution is -0.385. The molecule has 2 aromatic rings. The molecule has 98 valence electrons. The second kappa shape index (κ2) is 5.67. The minimum absolute atomic E-state index is 0.106. The fourth-order valence-corrected chi connectivity index (χ4v) is 1.70. The Labute approximate surface area is 113 Å². The van der Waals surface area contributed by atoms with Crippen molar-refractivity contribution >= 4 is 17.3 Å². The van der Waals surface area contributed by atoms with Gasteiger partial charge in [0.25, 0.3) is 5.69 Å². The number of benzene rings is 2. The Kier molecular flexibility index (Phi) is 3.97. The zero-order valence-electron chi connectivity index (χ0n) is 9.68. The first-order valence-corrected chi connectivity index (χ1v) is 5.76. The van der Waals surface area contributed by atoms with Gasteiger partial charge in [0.15, 0.2) is 11.6 Å². The van der Waals surface area contributed by atoms with Crippen LogP contribution in [0.5, 0.6) is 5.75 Å². The van der Waals surface area contributed by atoms with Crippen molar-refractivity contribution in [1.29, 1.82) is 0 Å². The summed E-state index contributed by atoms with van der Waals surface area (Å²) in [4.78, 5) is 10.0. The van der Waals surface area contributed by atoms with E-state index in [1.165, 1.54) is 0 Å².